The van der Waals surface area contributed by atoms with Gasteiger partial charge in [0, 0.05) is 13.1 Å². The van der Waals surface area contributed by atoms with Crippen molar-refractivity contribution in [3.05, 3.63) is 18.2 Å². The molecule has 1 heterocycles. The van der Waals surface area contributed by atoms with E-state index < -0.39 is 10.7 Å². The molecule has 0 radical (unpaired) electrons. The highest BCUT2D eigenvalue weighted by molar-refractivity contribution is 7.72. The van der Waals surface area contributed by atoms with E-state index in [0.717, 1.165) is 18.8 Å². The van der Waals surface area contributed by atoms with Crippen LogP contribution >= 0.6 is 0 Å². The van der Waals surface area contributed by atoms with Crippen LogP contribution in [0, 0.1) is 0 Å². The van der Waals surface area contributed by atoms with Crippen molar-refractivity contribution >= 4 is 22.1 Å². The highest BCUT2D eigenvalue weighted by Crippen LogP contribution is 2.25. The van der Waals surface area contributed by atoms with Crippen molar-refractivity contribution in [3.63, 3.8) is 0 Å². The van der Waals surface area contributed by atoms with Gasteiger partial charge in [-0.3, -0.25) is 0 Å². The van der Waals surface area contributed by atoms with Crippen molar-refractivity contribution in [3.8, 4) is 0 Å². The number of nitrogen functional groups attached to an aromatic ring is 1. The first kappa shape index (κ1) is 11.2. The zero-order valence-electron chi connectivity index (χ0n) is 8.76. The minimum Gasteiger partial charge on any atom is -0.397 e. The number of morpholine rings is 1. The van der Waals surface area contributed by atoms with Crippen LogP contribution in [0.3, 0.4) is 0 Å². The summed E-state index contributed by atoms with van der Waals surface area (Å²) in [5.74, 6) is 0. The van der Waals surface area contributed by atoms with Crippen LogP contribution in [0.1, 0.15) is 0 Å². The SMILES string of the molecule is Nc1cc([SH](=O)=O)ccc1N1CCOCC1. The fraction of sp³-hybridized carbons (Fsp3) is 0.400. The summed E-state index contributed by atoms with van der Waals surface area (Å²) in [6.07, 6.45) is 0. The Hall–Kier alpha value is -1.27. The van der Waals surface area contributed by atoms with E-state index in [9.17, 15) is 8.42 Å². The lowest BCUT2D eigenvalue weighted by molar-refractivity contribution is 0.123. The lowest BCUT2D eigenvalue weighted by atomic mass is 10.2. The van der Waals surface area contributed by atoms with Gasteiger partial charge in [-0.1, -0.05) is 0 Å². The van der Waals surface area contributed by atoms with Crippen molar-refractivity contribution in [1.82, 2.24) is 0 Å². The third-order valence-corrected chi connectivity index (χ3v) is 3.27. The summed E-state index contributed by atoms with van der Waals surface area (Å²) in [6, 6.07) is 4.82. The van der Waals surface area contributed by atoms with Crippen LogP contribution in [0.5, 0.6) is 0 Å². The van der Waals surface area contributed by atoms with Gasteiger partial charge in [-0.25, -0.2) is 8.42 Å². The molecule has 2 N–H and O–H groups in total. The minimum atomic E-state index is -2.56. The maximum Gasteiger partial charge on any atom is 0.168 e. The van der Waals surface area contributed by atoms with Crippen molar-refractivity contribution in [2.45, 2.75) is 4.90 Å². The van der Waals surface area contributed by atoms with Gasteiger partial charge in [0.1, 0.15) is 0 Å². The molecule has 1 saturated heterocycles. The molecule has 2 rings (SSSR count). The molecule has 0 atom stereocenters. The topological polar surface area (TPSA) is 72.6 Å². The largest absolute Gasteiger partial charge is 0.397 e. The van der Waals surface area contributed by atoms with Gasteiger partial charge >= 0.3 is 0 Å². The molecular formula is C10H14N2O3S. The van der Waals surface area contributed by atoms with Crippen molar-refractivity contribution in [1.29, 1.82) is 0 Å². The van der Waals surface area contributed by atoms with E-state index in [2.05, 4.69) is 4.90 Å². The third-order valence-electron chi connectivity index (χ3n) is 2.57. The van der Waals surface area contributed by atoms with E-state index in [1.807, 2.05) is 0 Å². The smallest absolute Gasteiger partial charge is 0.168 e. The highest BCUT2D eigenvalue weighted by atomic mass is 32.2. The normalized spacial score (nSPS) is 16.7. The van der Waals surface area contributed by atoms with Crippen LogP contribution in [0.4, 0.5) is 11.4 Å². The Labute approximate surface area is 95.8 Å². The molecule has 1 aliphatic rings. The Bertz CT molecular complexity index is 445. The first-order valence-corrected chi connectivity index (χ1v) is 6.23. The molecular weight excluding hydrogens is 228 g/mol. The first-order chi connectivity index (χ1) is 7.68. The third kappa shape index (κ3) is 2.28. The zero-order valence-corrected chi connectivity index (χ0v) is 9.65. The molecule has 0 aromatic heterocycles. The van der Waals surface area contributed by atoms with E-state index in [1.54, 1.807) is 12.1 Å². The van der Waals surface area contributed by atoms with E-state index in [0.29, 0.717) is 18.9 Å². The average molecular weight is 242 g/mol. The van der Waals surface area contributed by atoms with Gasteiger partial charge in [0.15, 0.2) is 10.7 Å². The lowest BCUT2D eigenvalue weighted by Gasteiger charge is -2.29. The Morgan fingerprint density at radius 3 is 2.50 bits per heavy atom. The molecule has 1 aromatic rings. The van der Waals surface area contributed by atoms with Crippen LogP contribution < -0.4 is 10.6 Å². The first-order valence-electron chi connectivity index (χ1n) is 5.05. The second kappa shape index (κ2) is 4.71. The number of ether oxygens (including phenoxy) is 1. The van der Waals surface area contributed by atoms with Gasteiger partial charge in [-0.15, -0.1) is 0 Å². The molecule has 6 heteroatoms. The highest BCUT2D eigenvalue weighted by Gasteiger charge is 2.14. The maximum absolute atomic E-state index is 10.8. The standard InChI is InChI=1S/C10H14N2O3S/c11-9-7-8(16(13)14)1-2-10(9)12-3-5-15-6-4-12/h1-2,7,16H,3-6,11H2. The van der Waals surface area contributed by atoms with E-state index in [-0.39, 0.29) is 4.90 Å². The monoisotopic (exact) mass is 242 g/mol. The number of benzene rings is 1. The van der Waals surface area contributed by atoms with Crippen LogP contribution in [0.15, 0.2) is 23.1 Å². The molecule has 0 amide bonds. The Morgan fingerprint density at radius 1 is 1.25 bits per heavy atom. The van der Waals surface area contributed by atoms with Gasteiger partial charge in [0.25, 0.3) is 0 Å². The van der Waals surface area contributed by atoms with E-state index in [4.69, 9.17) is 10.5 Å². The number of nitrogens with two attached hydrogens (primary N) is 1. The zero-order chi connectivity index (χ0) is 11.5. The fourth-order valence-corrected chi connectivity index (χ4v) is 2.19. The van der Waals surface area contributed by atoms with E-state index in [1.165, 1.54) is 6.07 Å². The van der Waals surface area contributed by atoms with Crippen LogP contribution in [-0.2, 0) is 15.4 Å². The van der Waals surface area contributed by atoms with E-state index >= 15 is 0 Å². The summed E-state index contributed by atoms with van der Waals surface area (Å²) >= 11 is 0. The summed E-state index contributed by atoms with van der Waals surface area (Å²) in [4.78, 5) is 2.35. The number of rotatable bonds is 2. The van der Waals surface area contributed by atoms with Crippen LogP contribution in [0.2, 0.25) is 0 Å². The lowest BCUT2D eigenvalue weighted by Crippen LogP contribution is -2.36. The molecule has 0 bridgehead atoms. The molecule has 1 aromatic carbocycles. The maximum atomic E-state index is 10.8. The fourth-order valence-electron chi connectivity index (χ4n) is 1.75. The summed E-state index contributed by atoms with van der Waals surface area (Å²) in [6.45, 7) is 2.92. The van der Waals surface area contributed by atoms with Gasteiger partial charge in [-0.05, 0) is 18.2 Å². The van der Waals surface area contributed by atoms with Gasteiger partial charge < -0.3 is 15.4 Å². The van der Waals surface area contributed by atoms with Crippen molar-refractivity contribution < 1.29 is 13.2 Å². The second-order valence-corrected chi connectivity index (χ2v) is 4.63. The number of anilines is 2. The number of hydrogen-bond acceptors (Lipinski definition) is 5. The van der Waals surface area contributed by atoms with Gasteiger partial charge in [0.2, 0.25) is 0 Å². The summed E-state index contributed by atoms with van der Waals surface area (Å²) < 4.78 is 26.8. The second-order valence-electron chi connectivity index (χ2n) is 3.60. The predicted molar refractivity (Wildman–Crippen MR) is 62.5 cm³/mol. The molecule has 16 heavy (non-hydrogen) atoms. The molecule has 88 valence electrons. The Morgan fingerprint density at radius 2 is 1.94 bits per heavy atom. The minimum absolute atomic E-state index is 0.254. The summed E-state index contributed by atoms with van der Waals surface area (Å²) in [5.41, 5.74) is 7.22. The van der Waals surface area contributed by atoms with Crippen molar-refractivity contribution in [2.75, 3.05) is 36.9 Å². The number of thiol groups is 1. The predicted octanol–water partition coefficient (Wildman–Crippen LogP) is 0.0757. The molecule has 1 fully saturated rings. The molecule has 0 aliphatic carbocycles. The van der Waals surface area contributed by atoms with Gasteiger partial charge in [0.05, 0.1) is 29.5 Å². The van der Waals surface area contributed by atoms with Crippen LogP contribution in [-0.4, -0.2) is 34.7 Å². The molecule has 0 unspecified atom stereocenters. The summed E-state index contributed by atoms with van der Waals surface area (Å²) in [7, 11) is -2.56. The van der Waals surface area contributed by atoms with Crippen molar-refractivity contribution in [2.24, 2.45) is 0 Å². The molecule has 5 nitrogen and oxygen atoms in total. The average Bonchev–Trinajstić information content (AvgIpc) is 2.30. The molecule has 0 saturated carbocycles. The quantitative estimate of drug-likeness (QED) is 0.567. The summed E-state index contributed by atoms with van der Waals surface area (Å²) in [5, 5.41) is 0. The molecule has 1 aliphatic heterocycles. The number of nitrogens with zero attached hydrogens (tertiary/aromatic N) is 1. The Kier molecular flexibility index (Phi) is 3.31. The Balaban J connectivity index is 2.27. The van der Waals surface area contributed by atoms with Crippen LogP contribution in [0.25, 0.3) is 0 Å². The molecule has 0 spiro atoms. The van der Waals surface area contributed by atoms with Gasteiger partial charge in [-0.2, -0.15) is 0 Å². The number of hydrogen-bond donors (Lipinski definition) is 2.